The molecule has 2 aromatic rings. The number of hydrogen-bond donors (Lipinski definition) is 1. The smallest absolute Gasteiger partial charge is 0.356 e. The monoisotopic (exact) mass is 448 g/mol. The molecule has 1 N–H and O–H groups in total. The van der Waals surface area contributed by atoms with Gasteiger partial charge < -0.3 is 5.32 Å². The number of hydrogen-bond acceptors (Lipinski definition) is 5. The fourth-order valence-electron chi connectivity index (χ4n) is 3.15. The average molecular weight is 449 g/mol. The molecule has 0 radical (unpaired) electrons. The second-order valence-corrected chi connectivity index (χ2v) is 7.47. The summed E-state index contributed by atoms with van der Waals surface area (Å²) in [5, 5.41) is 20.7. The van der Waals surface area contributed by atoms with Gasteiger partial charge in [-0.25, -0.2) is 0 Å². The van der Waals surface area contributed by atoms with E-state index in [9.17, 15) is 28.1 Å². The summed E-state index contributed by atoms with van der Waals surface area (Å²) in [4.78, 5) is 22.2. The fraction of sp³-hybridized carbons (Fsp3) is 0.588. The molecular weight excluding hydrogens is 429 g/mol. The molecule has 0 aliphatic heterocycles. The number of aryl methyl sites for hydroxylation is 2. The maximum atomic E-state index is 13.1. The van der Waals surface area contributed by atoms with Crippen LogP contribution in [0.1, 0.15) is 48.7 Å². The Hall–Kier alpha value is -2.63. The Morgan fingerprint density at radius 1 is 1.37 bits per heavy atom. The number of amides is 1. The molecule has 3 rings (SSSR count). The summed E-state index contributed by atoms with van der Waals surface area (Å²) in [7, 11) is 0. The first-order valence-corrected chi connectivity index (χ1v) is 9.74. The minimum absolute atomic E-state index is 0.00272. The van der Waals surface area contributed by atoms with Crippen molar-refractivity contribution in [3.8, 4) is 0 Å². The second-order valence-electron chi connectivity index (χ2n) is 7.09. The third-order valence-corrected chi connectivity index (χ3v) is 5.23. The largest absolute Gasteiger partial charge is 0.436 e. The Bertz CT molecular complexity index is 951. The van der Waals surface area contributed by atoms with E-state index in [0.717, 1.165) is 19.0 Å². The lowest BCUT2D eigenvalue weighted by Crippen LogP contribution is -2.26. The third-order valence-electron chi connectivity index (χ3n) is 4.86. The Morgan fingerprint density at radius 3 is 2.63 bits per heavy atom. The highest BCUT2D eigenvalue weighted by atomic mass is 35.5. The zero-order chi connectivity index (χ0) is 22.1. The molecule has 13 heteroatoms. The molecule has 0 bridgehead atoms. The van der Waals surface area contributed by atoms with Crippen LogP contribution in [0.5, 0.6) is 0 Å². The molecule has 1 aliphatic carbocycles. The van der Waals surface area contributed by atoms with Crippen LogP contribution < -0.4 is 5.32 Å². The van der Waals surface area contributed by atoms with E-state index in [1.165, 1.54) is 9.36 Å². The average Bonchev–Trinajstić information content (AvgIpc) is 3.33. The van der Waals surface area contributed by atoms with Crippen molar-refractivity contribution in [1.29, 1.82) is 0 Å². The van der Waals surface area contributed by atoms with Crippen LogP contribution in [0.15, 0.2) is 6.20 Å². The zero-order valence-corrected chi connectivity index (χ0v) is 16.8. The number of halogens is 4. The molecule has 2 heterocycles. The van der Waals surface area contributed by atoms with Crippen LogP contribution >= 0.6 is 11.6 Å². The van der Waals surface area contributed by atoms with Crippen LogP contribution in [0.4, 0.5) is 18.9 Å². The predicted octanol–water partition coefficient (Wildman–Crippen LogP) is 3.44. The van der Waals surface area contributed by atoms with E-state index < -0.39 is 16.8 Å². The van der Waals surface area contributed by atoms with Gasteiger partial charge in [0.1, 0.15) is 11.9 Å². The van der Waals surface area contributed by atoms with Gasteiger partial charge in [-0.15, -0.1) is 0 Å². The van der Waals surface area contributed by atoms with Gasteiger partial charge >= 0.3 is 11.9 Å². The van der Waals surface area contributed by atoms with Crippen LogP contribution in [0.25, 0.3) is 0 Å². The van der Waals surface area contributed by atoms with Gasteiger partial charge in [0.25, 0.3) is 0 Å². The second kappa shape index (κ2) is 8.62. The molecule has 1 amide bonds. The quantitative estimate of drug-likeness (QED) is 0.359. The van der Waals surface area contributed by atoms with E-state index in [0.29, 0.717) is 17.8 Å². The number of nitrogens with zero attached hydrogens (tertiary/aromatic N) is 5. The number of rotatable bonds is 9. The van der Waals surface area contributed by atoms with Crippen molar-refractivity contribution in [2.24, 2.45) is 0 Å². The maximum absolute atomic E-state index is 13.1. The van der Waals surface area contributed by atoms with Gasteiger partial charge in [0.2, 0.25) is 5.91 Å². The van der Waals surface area contributed by atoms with Crippen LogP contribution in [0, 0.1) is 17.0 Å². The fourth-order valence-corrected chi connectivity index (χ4v) is 3.54. The van der Waals surface area contributed by atoms with Crippen molar-refractivity contribution in [3.63, 3.8) is 0 Å². The van der Waals surface area contributed by atoms with Gasteiger partial charge in [0, 0.05) is 25.4 Å². The molecule has 0 saturated heterocycles. The molecule has 0 unspecified atom stereocenters. The predicted molar refractivity (Wildman–Crippen MR) is 100 cm³/mol. The van der Waals surface area contributed by atoms with Gasteiger partial charge in [0.15, 0.2) is 5.69 Å². The SMILES string of the molecule is Cc1c([N+](=O)[O-])cnn1CCC(=O)NCCCn1nc(C(F)(F)F)c(Cl)c1C1CC1. The van der Waals surface area contributed by atoms with Gasteiger partial charge in [0.05, 0.1) is 22.2 Å². The van der Waals surface area contributed by atoms with E-state index in [-0.39, 0.29) is 48.6 Å². The maximum Gasteiger partial charge on any atom is 0.436 e. The molecular formula is C17H20ClF3N6O3. The first kappa shape index (κ1) is 22.1. The first-order chi connectivity index (χ1) is 14.1. The third kappa shape index (κ3) is 4.91. The highest BCUT2D eigenvalue weighted by molar-refractivity contribution is 6.32. The summed E-state index contributed by atoms with van der Waals surface area (Å²) in [6.07, 6.45) is -1.46. The number of nitrogens with one attached hydrogen (secondary N) is 1. The normalized spacial score (nSPS) is 14.2. The minimum atomic E-state index is -4.61. The van der Waals surface area contributed by atoms with E-state index in [1.807, 2.05) is 0 Å². The molecule has 30 heavy (non-hydrogen) atoms. The summed E-state index contributed by atoms with van der Waals surface area (Å²) in [5.41, 5.74) is -0.417. The lowest BCUT2D eigenvalue weighted by atomic mass is 10.2. The molecule has 0 spiro atoms. The van der Waals surface area contributed by atoms with Crippen molar-refractivity contribution in [1.82, 2.24) is 24.9 Å². The number of carbonyl (C=O) groups excluding carboxylic acids is 1. The topological polar surface area (TPSA) is 108 Å². The van der Waals surface area contributed by atoms with Gasteiger partial charge in [-0.05, 0) is 26.2 Å². The van der Waals surface area contributed by atoms with E-state index in [4.69, 9.17) is 11.6 Å². The zero-order valence-electron chi connectivity index (χ0n) is 16.1. The van der Waals surface area contributed by atoms with Gasteiger partial charge in [-0.3, -0.25) is 24.3 Å². The highest BCUT2D eigenvalue weighted by Gasteiger charge is 2.41. The van der Waals surface area contributed by atoms with Crippen LogP contribution in [0.2, 0.25) is 5.02 Å². The van der Waals surface area contributed by atoms with Gasteiger partial charge in [-0.2, -0.15) is 23.4 Å². The molecule has 1 aliphatic rings. The summed E-state index contributed by atoms with van der Waals surface area (Å²) < 4.78 is 41.8. The van der Waals surface area contributed by atoms with Crippen molar-refractivity contribution in [3.05, 3.63) is 38.4 Å². The number of carbonyl (C=O) groups is 1. The van der Waals surface area contributed by atoms with Crippen LogP contribution in [-0.2, 0) is 24.1 Å². The lowest BCUT2D eigenvalue weighted by Gasteiger charge is -2.09. The summed E-state index contributed by atoms with van der Waals surface area (Å²) in [6, 6.07) is 0. The molecule has 2 aromatic heterocycles. The first-order valence-electron chi connectivity index (χ1n) is 9.36. The molecule has 1 fully saturated rings. The molecule has 164 valence electrons. The Kier molecular flexibility index (Phi) is 6.34. The number of alkyl halides is 3. The van der Waals surface area contributed by atoms with Crippen molar-refractivity contribution >= 4 is 23.2 Å². The number of nitro groups is 1. The Balaban J connectivity index is 1.48. The Labute approximate surface area is 174 Å². The van der Waals surface area contributed by atoms with Gasteiger partial charge in [-0.1, -0.05) is 11.6 Å². The Morgan fingerprint density at radius 2 is 2.07 bits per heavy atom. The van der Waals surface area contributed by atoms with Crippen LogP contribution in [0.3, 0.4) is 0 Å². The van der Waals surface area contributed by atoms with E-state index in [2.05, 4.69) is 15.5 Å². The number of aromatic nitrogens is 4. The molecule has 9 nitrogen and oxygen atoms in total. The molecule has 1 saturated carbocycles. The van der Waals surface area contributed by atoms with Crippen molar-refractivity contribution in [2.45, 2.75) is 57.8 Å². The lowest BCUT2D eigenvalue weighted by molar-refractivity contribution is -0.385. The standard InChI is InChI=1S/C17H20ClF3N6O3/c1-10-12(27(29)30)9-23-25(10)8-5-13(28)22-6-2-7-26-15(11-3-4-11)14(18)16(24-26)17(19,20)21/h9,11H,2-8H2,1H3,(H,22,28). The molecule has 0 aromatic carbocycles. The highest BCUT2D eigenvalue weighted by Crippen LogP contribution is 2.46. The van der Waals surface area contributed by atoms with E-state index in [1.54, 1.807) is 6.92 Å². The summed E-state index contributed by atoms with van der Waals surface area (Å²) >= 11 is 5.92. The summed E-state index contributed by atoms with van der Waals surface area (Å²) in [5.74, 6) is -0.290. The minimum Gasteiger partial charge on any atom is -0.356 e. The van der Waals surface area contributed by atoms with Crippen molar-refractivity contribution in [2.75, 3.05) is 6.54 Å². The van der Waals surface area contributed by atoms with Crippen LogP contribution in [-0.4, -0.2) is 36.9 Å². The molecule has 0 atom stereocenters. The van der Waals surface area contributed by atoms with Crippen molar-refractivity contribution < 1.29 is 22.9 Å². The summed E-state index contributed by atoms with van der Waals surface area (Å²) in [6.45, 7) is 2.18. The van der Waals surface area contributed by atoms with E-state index >= 15 is 0 Å².